The number of piperidine rings is 1. The van der Waals surface area contributed by atoms with Crippen molar-refractivity contribution in [1.82, 2.24) is 9.88 Å². The number of primary amides is 1. The normalized spacial score (nSPS) is 18.9. The van der Waals surface area contributed by atoms with Gasteiger partial charge in [0.2, 0.25) is 0 Å². The smallest absolute Gasteiger partial charge is 0.314 e. The van der Waals surface area contributed by atoms with Gasteiger partial charge in [-0.15, -0.1) is 11.3 Å². The van der Waals surface area contributed by atoms with Crippen LogP contribution in [0.15, 0.2) is 5.38 Å². The summed E-state index contributed by atoms with van der Waals surface area (Å²) in [6, 6.07) is -0.477. The molecule has 2 rings (SSSR count). The topological polar surface area (TPSA) is 85.5 Å². The molecule has 6 nitrogen and oxygen atoms in total. The number of esters is 1. The van der Waals surface area contributed by atoms with Crippen molar-refractivity contribution >= 4 is 23.3 Å². The van der Waals surface area contributed by atoms with Crippen LogP contribution in [-0.4, -0.2) is 35.0 Å². The zero-order chi connectivity index (χ0) is 14.5. The maximum Gasteiger partial charge on any atom is 0.314 e. The summed E-state index contributed by atoms with van der Waals surface area (Å²) in [6.07, 6.45) is 2.40. The molecule has 1 fully saturated rings. The Kier molecular flexibility index (Phi) is 4.94. The van der Waals surface area contributed by atoms with Crippen LogP contribution in [0.1, 0.15) is 30.5 Å². The minimum atomic E-state index is -0.477. The highest BCUT2D eigenvalue weighted by atomic mass is 32.1. The third-order valence-corrected chi connectivity index (χ3v) is 4.37. The van der Waals surface area contributed by atoms with Gasteiger partial charge in [-0.25, -0.2) is 9.78 Å². The van der Waals surface area contributed by atoms with Gasteiger partial charge in [-0.2, -0.15) is 0 Å². The molecule has 0 aromatic carbocycles. The second-order valence-electron chi connectivity index (χ2n) is 4.82. The maximum atomic E-state index is 12.0. The second kappa shape index (κ2) is 6.69. The van der Waals surface area contributed by atoms with Crippen LogP contribution in [0.5, 0.6) is 0 Å². The number of urea groups is 1. The molecule has 2 heterocycles. The number of hydrogen-bond donors (Lipinski definition) is 1. The van der Waals surface area contributed by atoms with E-state index in [0.717, 1.165) is 30.0 Å². The van der Waals surface area contributed by atoms with Crippen molar-refractivity contribution in [2.45, 2.75) is 32.8 Å². The molecule has 0 aliphatic carbocycles. The summed E-state index contributed by atoms with van der Waals surface area (Å²) in [5.74, 6) is -0.553. The monoisotopic (exact) mass is 297 g/mol. The van der Waals surface area contributed by atoms with Crippen LogP contribution in [0.25, 0.3) is 0 Å². The van der Waals surface area contributed by atoms with Gasteiger partial charge in [0.05, 0.1) is 16.6 Å². The van der Waals surface area contributed by atoms with Crippen LogP contribution in [-0.2, 0) is 22.6 Å². The molecule has 20 heavy (non-hydrogen) atoms. The van der Waals surface area contributed by atoms with E-state index in [-0.39, 0.29) is 18.5 Å². The van der Waals surface area contributed by atoms with Crippen molar-refractivity contribution in [2.75, 3.05) is 13.1 Å². The lowest BCUT2D eigenvalue weighted by molar-refractivity contribution is -0.151. The van der Waals surface area contributed by atoms with E-state index < -0.39 is 6.03 Å². The number of aryl methyl sites for hydroxylation is 1. The Bertz CT molecular complexity index is 489. The number of likely N-dealkylation sites (tertiary alicyclic amines) is 1. The SMILES string of the molecule is CCc1nc(COC(=O)[C@H]2CCCN(C(N)=O)C2)cs1. The van der Waals surface area contributed by atoms with Crippen molar-refractivity contribution in [3.8, 4) is 0 Å². The molecule has 0 unspecified atom stereocenters. The molecule has 2 N–H and O–H groups in total. The number of amides is 2. The third-order valence-electron chi connectivity index (χ3n) is 3.33. The first-order chi connectivity index (χ1) is 9.60. The predicted octanol–water partition coefficient (Wildman–Crippen LogP) is 1.54. The summed E-state index contributed by atoms with van der Waals surface area (Å²) in [7, 11) is 0. The molecule has 0 radical (unpaired) electrons. The average Bonchev–Trinajstić information content (AvgIpc) is 2.93. The van der Waals surface area contributed by atoms with Crippen LogP contribution < -0.4 is 5.73 Å². The van der Waals surface area contributed by atoms with Gasteiger partial charge in [-0.1, -0.05) is 6.92 Å². The lowest BCUT2D eigenvalue weighted by Crippen LogP contribution is -2.45. The lowest BCUT2D eigenvalue weighted by Gasteiger charge is -2.30. The summed E-state index contributed by atoms with van der Waals surface area (Å²) in [4.78, 5) is 29.0. The molecule has 110 valence electrons. The van der Waals surface area contributed by atoms with Crippen molar-refractivity contribution in [2.24, 2.45) is 11.7 Å². The standard InChI is InChI=1S/C13H19N3O3S/c1-2-11-15-10(8-20-11)7-19-12(17)9-4-3-5-16(6-9)13(14)18/h8-9H,2-7H2,1H3,(H2,14,18)/t9-/m0/s1. The fraction of sp³-hybridized carbons (Fsp3) is 0.615. The van der Waals surface area contributed by atoms with Gasteiger partial charge in [0.25, 0.3) is 0 Å². The van der Waals surface area contributed by atoms with Crippen molar-refractivity contribution < 1.29 is 14.3 Å². The number of ether oxygens (including phenoxy) is 1. The second-order valence-corrected chi connectivity index (χ2v) is 5.76. The first-order valence-corrected chi connectivity index (χ1v) is 7.62. The van der Waals surface area contributed by atoms with E-state index in [4.69, 9.17) is 10.5 Å². The van der Waals surface area contributed by atoms with E-state index in [9.17, 15) is 9.59 Å². The summed E-state index contributed by atoms with van der Waals surface area (Å²) < 4.78 is 5.28. The van der Waals surface area contributed by atoms with Gasteiger partial charge < -0.3 is 15.4 Å². The van der Waals surface area contributed by atoms with Crippen molar-refractivity contribution in [3.05, 3.63) is 16.1 Å². The zero-order valence-electron chi connectivity index (χ0n) is 11.5. The van der Waals surface area contributed by atoms with Crippen LogP contribution in [0.3, 0.4) is 0 Å². The zero-order valence-corrected chi connectivity index (χ0v) is 12.3. The van der Waals surface area contributed by atoms with Gasteiger partial charge in [0.1, 0.15) is 6.61 Å². The van der Waals surface area contributed by atoms with E-state index >= 15 is 0 Å². The molecule has 1 saturated heterocycles. The average molecular weight is 297 g/mol. The number of nitrogens with two attached hydrogens (primary N) is 1. The molecule has 1 atom stereocenters. The molecule has 1 aliphatic heterocycles. The Morgan fingerprint density at radius 3 is 3.05 bits per heavy atom. The Balaban J connectivity index is 1.83. The van der Waals surface area contributed by atoms with Crippen LogP contribution in [0, 0.1) is 5.92 Å². The highest BCUT2D eigenvalue weighted by molar-refractivity contribution is 7.09. The molecule has 1 aromatic heterocycles. The minimum absolute atomic E-state index is 0.197. The third kappa shape index (κ3) is 3.69. The van der Waals surface area contributed by atoms with Crippen LogP contribution >= 0.6 is 11.3 Å². The summed E-state index contributed by atoms with van der Waals surface area (Å²) in [6.45, 7) is 3.20. The molecule has 0 bridgehead atoms. The quantitative estimate of drug-likeness (QED) is 0.854. The van der Waals surface area contributed by atoms with Gasteiger partial charge in [-0.05, 0) is 19.3 Å². The van der Waals surface area contributed by atoms with E-state index in [0.29, 0.717) is 13.1 Å². The van der Waals surface area contributed by atoms with Gasteiger partial charge >= 0.3 is 12.0 Å². The number of aromatic nitrogens is 1. The molecule has 2 amide bonds. The minimum Gasteiger partial charge on any atom is -0.459 e. The molecule has 7 heteroatoms. The maximum absolute atomic E-state index is 12.0. The Morgan fingerprint density at radius 1 is 1.60 bits per heavy atom. The molecule has 1 aromatic rings. The Labute approximate surface area is 121 Å². The predicted molar refractivity (Wildman–Crippen MR) is 75.2 cm³/mol. The molecular weight excluding hydrogens is 278 g/mol. The molecular formula is C13H19N3O3S. The number of carbonyl (C=O) groups excluding carboxylic acids is 2. The van der Waals surface area contributed by atoms with E-state index in [2.05, 4.69) is 4.98 Å². The fourth-order valence-corrected chi connectivity index (χ4v) is 2.94. The first-order valence-electron chi connectivity index (χ1n) is 6.74. The number of carbonyl (C=O) groups is 2. The van der Waals surface area contributed by atoms with Crippen molar-refractivity contribution in [1.29, 1.82) is 0 Å². The lowest BCUT2D eigenvalue weighted by atomic mass is 9.98. The largest absolute Gasteiger partial charge is 0.459 e. The summed E-state index contributed by atoms with van der Waals surface area (Å²) >= 11 is 1.57. The van der Waals surface area contributed by atoms with Crippen molar-refractivity contribution in [3.63, 3.8) is 0 Å². The van der Waals surface area contributed by atoms with E-state index in [1.165, 1.54) is 4.90 Å². The number of rotatable bonds is 4. The van der Waals surface area contributed by atoms with Crippen LogP contribution in [0.2, 0.25) is 0 Å². The Hall–Kier alpha value is -1.63. The highest BCUT2D eigenvalue weighted by Crippen LogP contribution is 2.19. The molecule has 0 spiro atoms. The number of nitrogens with zero attached hydrogens (tertiary/aromatic N) is 2. The van der Waals surface area contributed by atoms with E-state index in [1.807, 2.05) is 12.3 Å². The van der Waals surface area contributed by atoms with Gasteiger partial charge in [0.15, 0.2) is 0 Å². The molecule has 0 saturated carbocycles. The summed E-state index contributed by atoms with van der Waals surface area (Å²) in [5, 5.41) is 2.94. The number of hydrogen-bond acceptors (Lipinski definition) is 5. The number of thiazole rings is 1. The van der Waals surface area contributed by atoms with Crippen LogP contribution in [0.4, 0.5) is 4.79 Å². The fourth-order valence-electron chi connectivity index (χ4n) is 2.21. The first kappa shape index (κ1) is 14.8. The van der Waals surface area contributed by atoms with Gasteiger partial charge in [-0.3, -0.25) is 4.79 Å². The summed E-state index contributed by atoms with van der Waals surface area (Å²) in [5.41, 5.74) is 6.02. The highest BCUT2D eigenvalue weighted by Gasteiger charge is 2.28. The van der Waals surface area contributed by atoms with Gasteiger partial charge in [0, 0.05) is 18.5 Å². The molecule has 1 aliphatic rings. The Morgan fingerprint density at radius 2 is 2.40 bits per heavy atom. The van der Waals surface area contributed by atoms with E-state index in [1.54, 1.807) is 11.3 Å².